The highest BCUT2D eigenvalue weighted by atomic mass is 19.1. The Hall–Kier alpha value is -1.51. The van der Waals surface area contributed by atoms with Crippen LogP contribution < -0.4 is 0 Å². The normalized spacial score (nSPS) is 28.1. The fourth-order valence-corrected chi connectivity index (χ4v) is 5.10. The van der Waals surface area contributed by atoms with Crippen molar-refractivity contribution in [2.45, 2.75) is 77.9 Å². The van der Waals surface area contributed by atoms with Crippen LogP contribution >= 0.6 is 0 Å². The summed E-state index contributed by atoms with van der Waals surface area (Å²) in [6.45, 7) is 5.55. The fourth-order valence-electron chi connectivity index (χ4n) is 5.10. The Labute approximate surface area is 179 Å². The van der Waals surface area contributed by atoms with E-state index in [1.165, 1.54) is 63.9 Å². The molecule has 3 rings (SSSR count). The molecule has 1 unspecified atom stereocenters. The topological polar surface area (TPSA) is 42.2 Å². The van der Waals surface area contributed by atoms with Crippen molar-refractivity contribution in [3.63, 3.8) is 0 Å². The van der Waals surface area contributed by atoms with Gasteiger partial charge in [-0.2, -0.15) is 5.26 Å². The average Bonchev–Trinajstić information content (AvgIpc) is 2.77. The van der Waals surface area contributed by atoms with Gasteiger partial charge in [-0.25, -0.2) is 8.78 Å². The number of nitriles is 1. The Morgan fingerprint density at radius 3 is 2.37 bits per heavy atom. The molecule has 1 aliphatic carbocycles. The largest absolute Gasteiger partial charge is 0.348 e. The van der Waals surface area contributed by atoms with Crippen molar-refractivity contribution in [1.29, 1.82) is 5.26 Å². The quantitative estimate of drug-likeness (QED) is 0.430. The van der Waals surface area contributed by atoms with Crippen LogP contribution in [-0.2, 0) is 9.47 Å². The summed E-state index contributed by atoms with van der Waals surface area (Å²) in [6.07, 6.45) is 11.1. The molecule has 1 atom stereocenters. The highest BCUT2D eigenvalue weighted by molar-refractivity contribution is 5.37. The second kappa shape index (κ2) is 11.2. The first-order valence-corrected chi connectivity index (χ1v) is 11.7. The number of rotatable bonds is 8. The lowest BCUT2D eigenvalue weighted by molar-refractivity contribution is -0.216. The molecule has 0 radical (unpaired) electrons. The minimum Gasteiger partial charge on any atom is -0.348 e. The van der Waals surface area contributed by atoms with E-state index < -0.39 is 23.5 Å². The van der Waals surface area contributed by atoms with Crippen LogP contribution in [0.2, 0.25) is 0 Å². The monoisotopic (exact) mass is 419 g/mol. The van der Waals surface area contributed by atoms with E-state index in [0.717, 1.165) is 12.0 Å². The predicted molar refractivity (Wildman–Crippen MR) is 113 cm³/mol. The molecule has 2 aliphatic rings. The van der Waals surface area contributed by atoms with Crippen molar-refractivity contribution in [1.82, 2.24) is 0 Å². The molecule has 0 bridgehead atoms. The smallest absolute Gasteiger partial charge is 0.186 e. The van der Waals surface area contributed by atoms with Gasteiger partial charge in [0, 0.05) is 11.5 Å². The molecule has 1 aromatic rings. The van der Waals surface area contributed by atoms with Gasteiger partial charge in [0.15, 0.2) is 12.1 Å². The molecular weight excluding hydrogens is 384 g/mol. The molecule has 0 spiro atoms. The Kier molecular flexibility index (Phi) is 8.65. The van der Waals surface area contributed by atoms with E-state index in [0.29, 0.717) is 25.0 Å². The highest BCUT2D eigenvalue weighted by Gasteiger charge is 2.34. The van der Waals surface area contributed by atoms with Crippen LogP contribution in [0.1, 0.15) is 89.1 Å². The van der Waals surface area contributed by atoms with E-state index in [-0.39, 0.29) is 11.5 Å². The van der Waals surface area contributed by atoms with Crippen molar-refractivity contribution >= 4 is 0 Å². The van der Waals surface area contributed by atoms with Crippen LogP contribution in [-0.4, -0.2) is 13.2 Å². The minimum absolute atomic E-state index is 0.0997. The second-order valence-corrected chi connectivity index (χ2v) is 9.19. The summed E-state index contributed by atoms with van der Waals surface area (Å²) in [7, 11) is 0. The summed E-state index contributed by atoms with van der Waals surface area (Å²) < 4.78 is 39.6. The molecule has 166 valence electrons. The lowest BCUT2D eigenvalue weighted by Gasteiger charge is -2.39. The van der Waals surface area contributed by atoms with Crippen molar-refractivity contribution in [2.75, 3.05) is 13.2 Å². The SMILES string of the molecule is CCCCCCC1CCC(C(C)C2COC(c3ccc(F)c(C#N)c3F)OC2)CC1. The standard InChI is InChI=1S/C25H35F2NO2/c1-3-4-5-6-7-18-8-10-19(11-9-18)17(2)20-15-29-25(30-16-20)21-12-13-23(26)22(14-28)24(21)27/h12-13,17-20,25H,3-11,15-16H2,1-2H3. The lowest BCUT2D eigenvalue weighted by atomic mass is 9.71. The molecule has 30 heavy (non-hydrogen) atoms. The number of ether oxygens (including phenoxy) is 2. The van der Waals surface area contributed by atoms with Crippen LogP contribution in [0.25, 0.3) is 0 Å². The van der Waals surface area contributed by atoms with Crippen LogP contribution in [0.15, 0.2) is 12.1 Å². The van der Waals surface area contributed by atoms with Gasteiger partial charge in [0.2, 0.25) is 0 Å². The lowest BCUT2D eigenvalue weighted by Crippen LogP contribution is -2.35. The summed E-state index contributed by atoms with van der Waals surface area (Å²) in [5, 5.41) is 8.96. The zero-order valence-electron chi connectivity index (χ0n) is 18.3. The number of nitrogens with zero attached hydrogens (tertiary/aromatic N) is 1. The first-order valence-electron chi connectivity index (χ1n) is 11.7. The van der Waals surface area contributed by atoms with E-state index in [1.54, 1.807) is 6.07 Å². The average molecular weight is 420 g/mol. The van der Waals surface area contributed by atoms with Gasteiger partial charge in [0.1, 0.15) is 17.4 Å². The van der Waals surface area contributed by atoms with Crippen LogP contribution in [0.4, 0.5) is 8.78 Å². The molecule has 5 heteroatoms. The van der Waals surface area contributed by atoms with Crippen molar-refractivity contribution in [3.8, 4) is 6.07 Å². The summed E-state index contributed by atoms with van der Waals surface area (Å²) in [6, 6.07) is 3.98. The molecule has 1 aromatic carbocycles. The molecule has 1 saturated carbocycles. The van der Waals surface area contributed by atoms with E-state index >= 15 is 0 Å². The molecule has 1 heterocycles. The molecule has 0 aromatic heterocycles. The third-order valence-electron chi connectivity index (χ3n) is 7.25. The van der Waals surface area contributed by atoms with E-state index in [2.05, 4.69) is 13.8 Å². The minimum atomic E-state index is -0.883. The highest BCUT2D eigenvalue weighted by Crippen LogP contribution is 2.40. The van der Waals surface area contributed by atoms with Crippen molar-refractivity contribution in [2.24, 2.45) is 23.7 Å². The zero-order chi connectivity index (χ0) is 21.5. The van der Waals surface area contributed by atoms with Gasteiger partial charge in [-0.05, 0) is 42.7 Å². The van der Waals surface area contributed by atoms with E-state index in [4.69, 9.17) is 14.7 Å². The van der Waals surface area contributed by atoms with Gasteiger partial charge in [-0.1, -0.05) is 58.8 Å². The zero-order valence-corrected chi connectivity index (χ0v) is 18.3. The Bertz CT molecular complexity index is 717. The van der Waals surface area contributed by atoms with Crippen LogP contribution in [0, 0.1) is 46.6 Å². The van der Waals surface area contributed by atoms with Gasteiger partial charge in [0.25, 0.3) is 0 Å². The fraction of sp³-hybridized carbons (Fsp3) is 0.720. The number of unbranched alkanes of at least 4 members (excludes halogenated alkanes) is 3. The third kappa shape index (κ3) is 5.59. The maximum atomic E-state index is 14.4. The molecule has 0 N–H and O–H groups in total. The number of halogens is 2. The predicted octanol–water partition coefficient (Wildman–Crippen LogP) is 6.91. The summed E-state index contributed by atoms with van der Waals surface area (Å²) in [4.78, 5) is 0. The molecule has 0 amide bonds. The Balaban J connectivity index is 1.46. The third-order valence-corrected chi connectivity index (χ3v) is 7.25. The molecule has 1 saturated heterocycles. The van der Waals surface area contributed by atoms with Gasteiger partial charge < -0.3 is 9.47 Å². The van der Waals surface area contributed by atoms with Crippen LogP contribution in [0.5, 0.6) is 0 Å². The Morgan fingerprint density at radius 2 is 1.73 bits per heavy atom. The summed E-state index contributed by atoms with van der Waals surface area (Å²) in [5.74, 6) is 0.627. The van der Waals surface area contributed by atoms with Gasteiger partial charge >= 0.3 is 0 Å². The maximum Gasteiger partial charge on any atom is 0.186 e. The van der Waals surface area contributed by atoms with Crippen molar-refractivity contribution < 1.29 is 18.3 Å². The van der Waals surface area contributed by atoms with Crippen molar-refractivity contribution in [3.05, 3.63) is 34.9 Å². The number of hydrogen-bond donors (Lipinski definition) is 0. The first kappa shape index (κ1) is 23.2. The Morgan fingerprint density at radius 1 is 1.03 bits per heavy atom. The first-order chi connectivity index (χ1) is 14.5. The molecular formula is C25H35F2NO2. The molecule has 2 fully saturated rings. The van der Waals surface area contributed by atoms with Gasteiger partial charge in [-0.3, -0.25) is 0 Å². The summed E-state index contributed by atoms with van der Waals surface area (Å²) in [5.41, 5.74) is -0.482. The number of hydrogen-bond acceptors (Lipinski definition) is 3. The number of benzene rings is 1. The molecule has 1 aliphatic heterocycles. The maximum absolute atomic E-state index is 14.4. The second-order valence-electron chi connectivity index (χ2n) is 9.19. The van der Waals surface area contributed by atoms with Gasteiger partial charge in [0.05, 0.1) is 13.2 Å². The summed E-state index contributed by atoms with van der Waals surface area (Å²) >= 11 is 0. The van der Waals surface area contributed by atoms with Gasteiger partial charge in [-0.15, -0.1) is 0 Å². The van der Waals surface area contributed by atoms with E-state index in [1.807, 2.05) is 0 Å². The van der Waals surface area contributed by atoms with E-state index in [9.17, 15) is 8.78 Å². The van der Waals surface area contributed by atoms with Crippen LogP contribution in [0.3, 0.4) is 0 Å². The molecule has 3 nitrogen and oxygen atoms in total.